The molecule has 0 bridgehead atoms. The molecule has 21 heavy (non-hydrogen) atoms. The molecule has 1 aromatic heterocycles. The van der Waals surface area contributed by atoms with Crippen LogP contribution in [0, 0.1) is 19.8 Å². The highest BCUT2D eigenvalue weighted by Crippen LogP contribution is 2.30. The number of hydrogen-bond donors (Lipinski definition) is 2. The molecule has 1 fully saturated rings. The van der Waals surface area contributed by atoms with Gasteiger partial charge >= 0.3 is 0 Å². The van der Waals surface area contributed by atoms with Crippen LogP contribution in [0.3, 0.4) is 0 Å². The molecule has 1 saturated heterocycles. The highest BCUT2D eigenvalue weighted by Gasteiger charge is 2.28. The maximum atomic E-state index is 9.59. The molecule has 1 aromatic carbocycles. The first-order valence-corrected chi connectivity index (χ1v) is 6.97. The molecule has 2 atom stereocenters. The fraction of sp³-hybridized carbons (Fsp3) is 0.533. The molecular formula is C15H23Cl2N3O. The summed E-state index contributed by atoms with van der Waals surface area (Å²) in [4.78, 5) is 4.68. The Morgan fingerprint density at radius 1 is 1.33 bits per heavy atom. The number of aryl methyl sites for hydroxylation is 2. The zero-order valence-electron chi connectivity index (χ0n) is 12.4. The number of aliphatic hydroxyl groups is 1. The van der Waals surface area contributed by atoms with E-state index >= 15 is 0 Å². The van der Waals surface area contributed by atoms with Crippen molar-refractivity contribution >= 4 is 35.8 Å². The first-order valence-electron chi connectivity index (χ1n) is 6.97. The average Bonchev–Trinajstić information content (AvgIpc) is 2.73. The number of aromatic nitrogens is 2. The standard InChI is InChI=1S/C15H21N3O.2ClH/c1-10-3-4-15-13(7-10)17-11(2)18(15)14-5-6-16-8-12(14)9-19;;/h3-4,7,12,14,16,19H,5-6,8-9H2,1-2H3;2*1H/t12-,14+;;/m1../s1. The van der Waals surface area contributed by atoms with E-state index in [1.54, 1.807) is 0 Å². The zero-order chi connectivity index (χ0) is 13.4. The van der Waals surface area contributed by atoms with Gasteiger partial charge < -0.3 is 15.0 Å². The van der Waals surface area contributed by atoms with Gasteiger partial charge in [-0.1, -0.05) is 6.07 Å². The van der Waals surface area contributed by atoms with Gasteiger partial charge in [0.15, 0.2) is 0 Å². The van der Waals surface area contributed by atoms with Gasteiger partial charge in [0.2, 0.25) is 0 Å². The number of imidazole rings is 1. The molecule has 1 aliphatic heterocycles. The number of piperidine rings is 1. The Morgan fingerprint density at radius 3 is 2.81 bits per heavy atom. The number of rotatable bonds is 2. The fourth-order valence-electron chi connectivity index (χ4n) is 3.18. The van der Waals surface area contributed by atoms with E-state index in [2.05, 4.69) is 46.9 Å². The van der Waals surface area contributed by atoms with E-state index in [1.807, 2.05) is 0 Å². The molecule has 3 rings (SSSR count). The predicted molar refractivity (Wildman–Crippen MR) is 90.8 cm³/mol. The fourth-order valence-corrected chi connectivity index (χ4v) is 3.18. The lowest BCUT2D eigenvalue weighted by atomic mass is 9.93. The van der Waals surface area contributed by atoms with Crippen molar-refractivity contribution in [2.75, 3.05) is 19.7 Å². The molecule has 0 aliphatic carbocycles. The molecule has 0 saturated carbocycles. The first-order chi connectivity index (χ1) is 9.20. The smallest absolute Gasteiger partial charge is 0.106 e. The van der Waals surface area contributed by atoms with Crippen LogP contribution in [0.5, 0.6) is 0 Å². The van der Waals surface area contributed by atoms with Crippen LogP contribution >= 0.6 is 24.8 Å². The summed E-state index contributed by atoms with van der Waals surface area (Å²) in [6.45, 7) is 6.27. The lowest BCUT2D eigenvalue weighted by Crippen LogP contribution is -2.39. The van der Waals surface area contributed by atoms with Crippen LogP contribution in [0.25, 0.3) is 11.0 Å². The molecule has 2 aromatic rings. The summed E-state index contributed by atoms with van der Waals surface area (Å²) in [5.41, 5.74) is 3.49. The Morgan fingerprint density at radius 2 is 2.10 bits per heavy atom. The van der Waals surface area contributed by atoms with E-state index in [9.17, 15) is 5.11 Å². The summed E-state index contributed by atoms with van der Waals surface area (Å²) in [5.74, 6) is 1.32. The number of fused-ring (bicyclic) bond motifs is 1. The van der Waals surface area contributed by atoms with E-state index in [4.69, 9.17) is 0 Å². The molecule has 0 spiro atoms. The lowest BCUT2D eigenvalue weighted by molar-refractivity contribution is 0.150. The number of aliphatic hydroxyl groups excluding tert-OH is 1. The number of nitrogens with one attached hydrogen (secondary N) is 1. The zero-order valence-corrected chi connectivity index (χ0v) is 14.0. The molecule has 6 heteroatoms. The second-order valence-electron chi connectivity index (χ2n) is 5.52. The van der Waals surface area contributed by atoms with Crippen molar-refractivity contribution < 1.29 is 5.11 Å². The Kier molecular flexibility index (Phi) is 6.47. The van der Waals surface area contributed by atoms with E-state index in [0.29, 0.717) is 6.04 Å². The maximum absolute atomic E-state index is 9.59. The maximum Gasteiger partial charge on any atom is 0.106 e. The van der Waals surface area contributed by atoms with Crippen LogP contribution in [-0.4, -0.2) is 34.4 Å². The van der Waals surface area contributed by atoms with Crippen LogP contribution in [0.1, 0.15) is 23.9 Å². The van der Waals surface area contributed by atoms with Gasteiger partial charge in [0, 0.05) is 25.1 Å². The van der Waals surface area contributed by atoms with Gasteiger partial charge in [-0.2, -0.15) is 0 Å². The second kappa shape index (κ2) is 7.45. The largest absolute Gasteiger partial charge is 0.396 e. The van der Waals surface area contributed by atoms with Gasteiger partial charge in [-0.3, -0.25) is 0 Å². The van der Waals surface area contributed by atoms with Crippen LogP contribution in [0.15, 0.2) is 18.2 Å². The number of benzene rings is 1. The van der Waals surface area contributed by atoms with Crippen molar-refractivity contribution in [3.63, 3.8) is 0 Å². The summed E-state index contributed by atoms with van der Waals surface area (Å²) in [6, 6.07) is 6.77. The normalized spacial score (nSPS) is 21.7. The minimum Gasteiger partial charge on any atom is -0.396 e. The number of nitrogens with zero attached hydrogens (tertiary/aromatic N) is 2. The topological polar surface area (TPSA) is 50.1 Å². The van der Waals surface area contributed by atoms with E-state index in [-0.39, 0.29) is 37.3 Å². The highest BCUT2D eigenvalue weighted by atomic mass is 35.5. The Hall–Kier alpha value is -0.810. The van der Waals surface area contributed by atoms with Crippen molar-refractivity contribution in [2.45, 2.75) is 26.3 Å². The average molecular weight is 332 g/mol. The van der Waals surface area contributed by atoms with E-state index < -0.39 is 0 Å². The summed E-state index contributed by atoms with van der Waals surface area (Å²) in [7, 11) is 0. The highest BCUT2D eigenvalue weighted by molar-refractivity contribution is 5.85. The van der Waals surface area contributed by atoms with Gasteiger partial charge in [0.25, 0.3) is 0 Å². The lowest BCUT2D eigenvalue weighted by Gasteiger charge is -2.33. The second-order valence-corrected chi connectivity index (χ2v) is 5.52. The quantitative estimate of drug-likeness (QED) is 0.889. The van der Waals surface area contributed by atoms with Crippen LogP contribution in [0.4, 0.5) is 0 Å². The summed E-state index contributed by atoms with van der Waals surface area (Å²) in [5, 5.41) is 13.0. The molecular weight excluding hydrogens is 309 g/mol. The third-order valence-corrected chi connectivity index (χ3v) is 4.16. The number of hydrogen-bond acceptors (Lipinski definition) is 3. The van der Waals surface area contributed by atoms with Gasteiger partial charge in [-0.25, -0.2) is 4.98 Å². The van der Waals surface area contributed by atoms with Crippen molar-refractivity contribution in [3.05, 3.63) is 29.6 Å². The molecule has 2 heterocycles. The summed E-state index contributed by atoms with van der Waals surface area (Å²) < 4.78 is 2.32. The Labute approximate surface area is 137 Å². The van der Waals surface area contributed by atoms with Gasteiger partial charge in [0.1, 0.15) is 5.82 Å². The Balaban J connectivity index is 0.00000110. The van der Waals surface area contributed by atoms with Crippen LogP contribution in [0.2, 0.25) is 0 Å². The molecule has 0 radical (unpaired) electrons. The molecule has 0 unspecified atom stereocenters. The predicted octanol–water partition coefficient (Wildman–Crippen LogP) is 2.64. The van der Waals surface area contributed by atoms with Gasteiger partial charge in [-0.05, 0) is 44.5 Å². The van der Waals surface area contributed by atoms with Crippen molar-refractivity contribution in [2.24, 2.45) is 5.92 Å². The molecule has 118 valence electrons. The third-order valence-electron chi connectivity index (χ3n) is 4.16. The summed E-state index contributed by atoms with van der Waals surface area (Å²) in [6.07, 6.45) is 1.05. The number of halogens is 2. The van der Waals surface area contributed by atoms with Crippen molar-refractivity contribution in [1.82, 2.24) is 14.9 Å². The van der Waals surface area contributed by atoms with E-state index in [1.165, 1.54) is 11.1 Å². The van der Waals surface area contributed by atoms with Gasteiger partial charge in [-0.15, -0.1) is 24.8 Å². The molecule has 2 N–H and O–H groups in total. The first kappa shape index (κ1) is 18.2. The minimum atomic E-state index is 0. The van der Waals surface area contributed by atoms with Crippen molar-refractivity contribution in [3.8, 4) is 0 Å². The van der Waals surface area contributed by atoms with Gasteiger partial charge in [0.05, 0.1) is 11.0 Å². The monoisotopic (exact) mass is 331 g/mol. The Bertz CT molecular complexity index is 600. The third kappa shape index (κ3) is 3.34. The van der Waals surface area contributed by atoms with Crippen LogP contribution in [-0.2, 0) is 0 Å². The molecule has 1 aliphatic rings. The molecule has 4 nitrogen and oxygen atoms in total. The SMILES string of the molecule is Cc1ccc2c(c1)nc(C)n2[C@H]1CCNC[C@@H]1CO.Cl.Cl. The summed E-state index contributed by atoms with van der Waals surface area (Å²) >= 11 is 0. The van der Waals surface area contributed by atoms with Crippen molar-refractivity contribution in [1.29, 1.82) is 0 Å². The van der Waals surface area contributed by atoms with Crippen LogP contribution < -0.4 is 5.32 Å². The minimum absolute atomic E-state index is 0. The molecule has 0 amide bonds. The van der Waals surface area contributed by atoms with E-state index in [0.717, 1.165) is 30.9 Å².